The van der Waals surface area contributed by atoms with E-state index in [2.05, 4.69) is 4.98 Å². The second kappa shape index (κ2) is 2.49. The molecule has 0 aromatic carbocycles. The van der Waals surface area contributed by atoms with E-state index in [-0.39, 0.29) is 0 Å². The third-order valence-corrected chi connectivity index (χ3v) is 1.94. The van der Waals surface area contributed by atoms with Crippen molar-refractivity contribution in [1.82, 2.24) is 9.55 Å². The second-order valence-electron chi connectivity index (χ2n) is 3.06. The van der Waals surface area contributed by atoms with Gasteiger partial charge in [-0.15, -0.1) is 0 Å². The van der Waals surface area contributed by atoms with Gasteiger partial charge < -0.3 is 4.57 Å². The molecule has 0 amide bonds. The lowest BCUT2D eigenvalue weighted by atomic mass is 10.4. The van der Waals surface area contributed by atoms with Gasteiger partial charge in [0, 0.05) is 12.7 Å². The number of nitrogens with zero attached hydrogens (tertiary/aromatic N) is 2. The monoisotopic (exact) mass is 150 g/mol. The van der Waals surface area contributed by atoms with Crippen LogP contribution in [0.4, 0.5) is 0 Å². The Balaban J connectivity index is 2.05. The highest BCUT2D eigenvalue weighted by Gasteiger charge is 2.21. The van der Waals surface area contributed by atoms with Crippen molar-refractivity contribution in [2.24, 2.45) is 5.92 Å². The van der Waals surface area contributed by atoms with Gasteiger partial charge in [-0.3, -0.25) is 4.79 Å². The Kier molecular flexibility index (Phi) is 1.49. The number of hydrogen-bond donors (Lipinski definition) is 0. The summed E-state index contributed by atoms with van der Waals surface area (Å²) >= 11 is 0. The van der Waals surface area contributed by atoms with Crippen molar-refractivity contribution < 1.29 is 4.79 Å². The van der Waals surface area contributed by atoms with Crippen LogP contribution in [0.25, 0.3) is 0 Å². The summed E-state index contributed by atoms with van der Waals surface area (Å²) in [5.74, 6) is 0.837. The van der Waals surface area contributed by atoms with Crippen LogP contribution in [0.1, 0.15) is 23.3 Å². The fraction of sp³-hybridized carbons (Fsp3) is 0.500. The second-order valence-corrected chi connectivity index (χ2v) is 3.06. The first-order chi connectivity index (χ1) is 5.38. The smallest absolute Gasteiger partial charge is 0.169 e. The average molecular weight is 150 g/mol. The molecule has 0 atom stereocenters. The molecule has 0 unspecified atom stereocenters. The third kappa shape index (κ3) is 1.48. The van der Waals surface area contributed by atoms with Gasteiger partial charge in [0.25, 0.3) is 0 Å². The summed E-state index contributed by atoms with van der Waals surface area (Å²) in [5.41, 5.74) is 0.533. The van der Waals surface area contributed by atoms with Crippen molar-refractivity contribution >= 4 is 6.29 Å². The third-order valence-electron chi connectivity index (χ3n) is 1.94. The highest BCUT2D eigenvalue weighted by atomic mass is 16.1. The van der Waals surface area contributed by atoms with Crippen LogP contribution < -0.4 is 0 Å². The predicted molar refractivity (Wildman–Crippen MR) is 40.3 cm³/mol. The van der Waals surface area contributed by atoms with Crippen LogP contribution in [0.15, 0.2) is 12.5 Å². The Labute approximate surface area is 65.1 Å². The number of hydrogen-bond acceptors (Lipinski definition) is 2. The van der Waals surface area contributed by atoms with E-state index in [1.54, 1.807) is 12.5 Å². The van der Waals surface area contributed by atoms with E-state index < -0.39 is 0 Å². The molecule has 1 fully saturated rings. The number of aromatic nitrogens is 2. The standard InChI is InChI=1S/C8H10N2O/c11-5-8-4-10(6-9-8)3-7-1-2-7/h4-7H,1-3H2. The highest BCUT2D eigenvalue weighted by molar-refractivity contribution is 5.70. The van der Waals surface area contributed by atoms with E-state index in [0.29, 0.717) is 5.69 Å². The van der Waals surface area contributed by atoms with Crippen molar-refractivity contribution in [3.63, 3.8) is 0 Å². The summed E-state index contributed by atoms with van der Waals surface area (Å²) in [6, 6.07) is 0. The van der Waals surface area contributed by atoms with E-state index in [1.807, 2.05) is 4.57 Å². The number of aldehydes is 1. The molecule has 1 aliphatic carbocycles. The molecule has 0 saturated heterocycles. The summed E-state index contributed by atoms with van der Waals surface area (Å²) in [6.45, 7) is 1.03. The zero-order valence-electron chi connectivity index (χ0n) is 6.23. The van der Waals surface area contributed by atoms with Gasteiger partial charge in [0.05, 0.1) is 6.33 Å². The molecule has 3 nitrogen and oxygen atoms in total. The summed E-state index contributed by atoms with van der Waals surface area (Å²) in [7, 11) is 0. The maximum atomic E-state index is 10.2. The van der Waals surface area contributed by atoms with Crippen LogP contribution in [0, 0.1) is 5.92 Å². The average Bonchev–Trinajstić information content (AvgIpc) is 2.68. The lowest BCUT2D eigenvalue weighted by Gasteiger charge is -1.95. The van der Waals surface area contributed by atoms with Crippen LogP contribution in [0.2, 0.25) is 0 Å². The van der Waals surface area contributed by atoms with Crippen LogP contribution in [0.3, 0.4) is 0 Å². The summed E-state index contributed by atoms with van der Waals surface area (Å²) in [5, 5.41) is 0. The molecule has 0 N–H and O–H groups in total. The Bertz CT molecular complexity index is 263. The molecule has 0 bridgehead atoms. The molecule has 0 aliphatic heterocycles. The molecular weight excluding hydrogens is 140 g/mol. The molecule has 2 rings (SSSR count). The Morgan fingerprint density at radius 3 is 3.09 bits per heavy atom. The van der Waals surface area contributed by atoms with Crippen molar-refractivity contribution in [3.8, 4) is 0 Å². The van der Waals surface area contributed by atoms with E-state index in [9.17, 15) is 4.79 Å². The van der Waals surface area contributed by atoms with Crippen LogP contribution in [-0.2, 0) is 6.54 Å². The molecule has 58 valence electrons. The first kappa shape index (κ1) is 6.58. The Morgan fingerprint density at radius 2 is 2.55 bits per heavy atom. The van der Waals surface area contributed by atoms with E-state index in [4.69, 9.17) is 0 Å². The summed E-state index contributed by atoms with van der Waals surface area (Å²) in [6.07, 6.45) is 6.96. The molecule has 1 aromatic rings. The van der Waals surface area contributed by atoms with Crippen LogP contribution in [-0.4, -0.2) is 15.8 Å². The predicted octanol–water partition coefficient (Wildman–Crippen LogP) is 1.11. The maximum absolute atomic E-state index is 10.2. The zero-order chi connectivity index (χ0) is 7.68. The Hall–Kier alpha value is -1.12. The SMILES string of the molecule is O=Cc1cn(CC2CC2)cn1. The molecule has 1 heterocycles. The number of carbonyl (C=O) groups is 1. The quantitative estimate of drug-likeness (QED) is 0.605. The molecule has 3 heteroatoms. The molecule has 1 aliphatic rings. The van der Waals surface area contributed by atoms with Gasteiger partial charge in [-0.1, -0.05) is 0 Å². The lowest BCUT2D eigenvalue weighted by molar-refractivity contribution is 0.111. The number of imidazole rings is 1. The van der Waals surface area contributed by atoms with E-state index >= 15 is 0 Å². The molecule has 0 spiro atoms. The van der Waals surface area contributed by atoms with E-state index in [1.165, 1.54) is 12.8 Å². The minimum absolute atomic E-state index is 0.533. The molecule has 11 heavy (non-hydrogen) atoms. The normalized spacial score (nSPS) is 16.7. The van der Waals surface area contributed by atoms with E-state index in [0.717, 1.165) is 18.7 Å². The summed E-state index contributed by atoms with van der Waals surface area (Å²) in [4.78, 5) is 14.2. The van der Waals surface area contributed by atoms with Gasteiger partial charge in [0.1, 0.15) is 5.69 Å². The maximum Gasteiger partial charge on any atom is 0.169 e. The van der Waals surface area contributed by atoms with Crippen molar-refractivity contribution in [1.29, 1.82) is 0 Å². The van der Waals surface area contributed by atoms with Gasteiger partial charge in [0.2, 0.25) is 0 Å². The molecule has 1 aromatic heterocycles. The minimum atomic E-state index is 0.533. The lowest BCUT2D eigenvalue weighted by Crippen LogP contribution is -1.95. The fourth-order valence-electron chi connectivity index (χ4n) is 1.14. The van der Waals surface area contributed by atoms with Crippen molar-refractivity contribution in [2.45, 2.75) is 19.4 Å². The van der Waals surface area contributed by atoms with Crippen LogP contribution >= 0.6 is 0 Å². The summed E-state index contributed by atoms with van der Waals surface area (Å²) < 4.78 is 1.99. The number of rotatable bonds is 3. The first-order valence-corrected chi connectivity index (χ1v) is 3.85. The largest absolute Gasteiger partial charge is 0.336 e. The minimum Gasteiger partial charge on any atom is -0.336 e. The van der Waals surface area contributed by atoms with Gasteiger partial charge in [0.15, 0.2) is 6.29 Å². The Morgan fingerprint density at radius 1 is 1.73 bits per heavy atom. The molecule has 0 radical (unpaired) electrons. The zero-order valence-corrected chi connectivity index (χ0v) is 6.23. The molecule has 1 saturated carbocycles. The van der Waals surface area contributed by atoms with Crippen molar-refractivity contribution in [3.05, 3.63) is 18.2 Å². The first-order valence-electron chi connectivity index (χ1n) is 3.85. The van der Waals surface area contributed by atoms with Crippen LogP contribution in [0.5, 0.6) is 0 Å². The fourth-order valence-corrected chi connectivity index (χ4v) is 1.14. The van der Waals surface area contributed by atoms with Gasteiger partial charge in [-0.2, -0.15) is 0 Å². The number of carbonyl (C=O) groups excluding carboxylic acids is 1. The molecular formula is C8H10N2O. The van der Waals surface area contributed by atoms with Gasteiger partial charge >= 0.3 is 0 Å². The topological polar surface area (TPSA) is 34.9 Å². The van der Waals surface area contributed by atoms with Gasteiger partial charge in [-0.05, 0) is 18.8 Å². The highest BCUT2D eigenvalue weighted by Crippen LogP contribution is 2.30. The van der Waals surface area contributed by atoms with Crippen molar-refractivity contribution in [2.75, 3.05) is 0 Å². The van der Waals surface area contributed by atoms with Gasteiger partial charge in [-0.25, -0.2) is 4.98 Å².